The Morgan fingerprint density at radius 2 is 1.80 bits per heavy atom. The van der Waals surface area contributed by atoms with Gasteiger partial charge >= 0.3 is 0 Å². The molecule has 2 unspecified atom stereocenters. The molecule has 30 heavy (non-hydrogen) atoms. The number of benzene rings is 2. The van der Waals surface area contributed by atoms with E-state index in [2.05, 4.69) is 48.0 Å². The summed E-state index contributed by atoms with van der Waals surface area (Å²) in [4.78, 5) is 11.8. The number of hydrogen-bond donors (Lipinski definition) is 1. The van der Waals surface area contributed by atoms with Crippen LogP contribution in [0.25, 0.3) is 0 Å². The summed E-state index contributed by atoms with van der Waals surface area (Å²) in [6.45, 7) is 7.15. The molecule has 0 saturated carbocycles. The van der Waals surface area contributed by atoms with Gasteiger partial charge in [0.25, 0.3) is 0 Å². The quantitative estimate of drug-likeness (QED) is 0.632. The SMILES string of the molecule is Cc1nc(CC(O)c2ccc(F)cc2)nc(N2CCc3ccccc3C2C)c1C.Cl. The molecule has 3 aromatic rings. The van der Waals surface area contributed by atoms with Gasteiger partial charge in [0.2, 0.25) is 0 Å². The van der Waals surface area contributed by atoms with Crippen LogP contribution < -0.4 is 4.90 Å². The molecule has 6 heteroatoms. The van der Waals surface area contributed by atoms with Crippen LogP contribution in [0.4, 0.5) is 10.2 Å². The minimum atomic E-state index is -0.773. The molecule has 0 bridgehead atoms. The Morgan fingerprint density at radius 1 is 1.10 bits per heavy atom. The van der Waals surface area contributed by atoms with Crippen molar-refractivity contribution in [3.63, 3.8) is 0 Å². The second-order valence-corrected chi connectivity index (χ2v) is 7.76. The number of anilines is 1. The van der Waals surface area contributed by atoms with E-state index in [4.69, 9.17) is 4.98 Å². The summed E-state index contributed by atoms with van der Waals surface area (Å²) in [7, 11) is 0. The van der Waals surface area contributed by atoms with Gasteiger partial charge in [0.05, 0.1) is 12.1 Å². The van der Waals surface area contributed by atoms with Gasteiger partial charge in [-0.2, -0.15) is 0 Å². The van der Waals surface area contributed by atoms with Crippen molar-refractivity contribution in [1.29, 1.82) is 0 Å². The van der Waals surface area contributed by atoms with E-state index in [9.17, 15) is 9.50 Å². The van der Waals surface area contributed by atoms with Gasteiger partial charge in [-0.15, -0.1) is 12.4 Å². The average Bonchev–Trinajstić information content (AvgIpc) is 2.72. The van der Waals surface area contributed by atoms with E-state index in [0.717, 1.165) is 30.0 Å². The largest absolute Gasteiger partial charge is 0.388 e. The standard InChI is InChI=1S/C24H26FN3O.ClH/c1-15-16(2)26-23(14-22(29)19-8-10-20(25)11-9-19)27-24(15)28-13-12-18-6-4-5-7-21(18)17(28)3;/h4-11,17,22,29H,12-14H2,1-3H3;1H. The summed E-state index contributed by atoms with van der Waals surface area (Å²) in [5, 5.41) is 10.6. The Labute approximate surface area is 183 Å². The maximum atomic E-state index is 13.2. The third-order valence-electron chi connectivity index (χ3n) is 5.91. The van der Waals surface area contributed by atoms with Crippen molar-refractivity contribution >= 4 is 18.2 Å². The zero-order valence-corrected chi connectivity index (χ0v) is 18.3. The lowest BCUT2D eigenvalue weighted by atomic mass is 9.93. The molecule has 0 saturated heterocycles. The van der Waals surface area contributed by atoms with Gasteiger partial charge in [-0.25, -0.2) is 14.4 Å². The minimum absolute atomic E-state index is 0. The summed E-state index contributed by atoms with van der Waals surface area (Å²) in [6, 6.07) is 14.7. The van der Waals surface area contributed by atoms with Crippen LogP contribution in [-0.2, 0) is 12.8 Å². The molecule has 4 nitrogen and oxygen atoms in total. The fourth-order valence-corrected chi connectivity index (χ4v) is 4.08. The Kier molecular flexibility index (Phi) is 6.74. The number of aryl methyl sites for hydroxylation is 1. The Morgan fingerprint density at radius 3 is 2.53 bits per heavy atom. The number of nitrogens with zero attached hydrogens (tertiary/aromatic N) is 3. The van der Waals surface area contributed by atoms with E-state index in [1.165, 1.54) is 23.3 Å². The molecule has 1 aliphatic rings. The molecule has 2 aromatic carbocycles. The molecule has 0 fully saturated rings. The smallest absolute Gasteiger partial charge is 0.135 e. The molecule has 0 spiro atoms. The summed E-state index contributed by atoms with van der Waals surface area (Å²) in [5.74, 6) is 1.22. The maximum absolute atomic E-state index is 13.2. The molecule has 4 rings (SSSR count). The van der Waals surface area contributed by atoms with Crippen LogP contribution in [0, 0.1) is 19.7 Å². The zero-order valence-electron chi connectivity index (χ0n) is 17.5. The van der Waals surface area contributed by atoms with Crippen molar-refractivity contribution in [3.05, 3.63) is 88.1 Å². The normalized spacial score (nSPS) is 16.6. The van der Waals surface area contributed by atoms with Crippen molar-refractivity contribution in [2.75, 3.05) is 11.4 Å². The van der Waals surface area contributed by atoms with E-state index >= 15 is 0 Å². The predicted octanol–water partition coefficient (Wildman–Crippen LogP) is 5.05. The highest BCUT2D eigenvalue weighted by molar-refractivity contribution is 5.85. The number of aliphatic hydroxyl groups is 1. The molecule has 1 aliphatic heterocycles. The fraction of sp³-hybridized carbons (Fsp3) is 0.333. The van der Waals surface area contributed by atoms with Crippen molar-refractivity contribution in [2.45, 2.75) is 45.8 Å². The third-order valence-corrected chi connectivity index (χ3v) is 5.91. The molecule has 0 radical (unpaired) electrons. The van der Waals surface area contributed by atoms with Crippen molar-refractivity contribution in [1.82, 2.24) is 9.97 Å². The molecule has 0 aliphatic carbocycles. The second kappa shape index (κ2) is 9.11. The Balaban J connectivity index is 0.00000256. The molecule has 1 aromatic heterocycles. The highest BCUT2D eigenvalue weighted by atomic mass is 35.5. The lowest BCUT2D eigenvalue weighted by Crippen LogP contribution is -2.35. The van der Waals surface area contributed by atoms with E-state index < -0.39 is 6.10 Å². The number of aliphatic hydroxyl groups excluding tert-OH is 1. The van der Waals surface area contributed by atoms with Crippen molar-refractivity contribution < 1.29 is 9.50 Å². The Bertz CT molecular complexity index is 1030. The second-order valence-electron chi connectivity index (χ2n) is 7.76. The van der Waals surface area contributed by atoms with Crippen molar-refractivity contribution in [2.24, 2.45) is 0 Å². The van der Waals surface area contributed by atoms with Gasteiger partial charge < -0.3 is 10.0 Å². The van der Waals surface area contributed by atoms with Crippen LogP contribution in [0.1, 0.15) is 52.8 Å². The van der Waals surface area contributed by atoms with E-state index in [1.54, 1.807) is 12.1 Å². The molecule has 158 valence electrons. The fourth-order valence-electron chi connectivity index (χ4n) is 4.08. The molecular weight excluding hydrogens is 401 g/mol. The number of halogens is 2. The first-order valence-electron chi connectivity index (χ1n) is 10.1. The third kappa shape index (κ3) is 4.32. The van der Waals surface area contributed by atoms with Crippen LogP contribution in [0.2, 0.25) is 0 Å². The lowest BCUT2D eigenvalue weighted by molar-refractivity contribution is 0.175. The van der Waals surface area contributed by atoms with Gasteiger partial charge in [0.15, 0.2) is 0 Å². The highest BCUT2D eigenvalue weighted by Crippen LogP contribution is 2.34. The van der Waals surface area contributed by atoms with Crippen LogP contribution in [-0.4, -0.2) is 21.6 Å². The van der Waals surface area contributed by atoms with Gasteiger partial charge in [0, 0.05) is 24.2 Å². The summed E-state index contributed by atoms with van der Waals surface area (Å²) in [6.07, 6.45) is 0.500. The highest BCUT2D eigenvalue weighted by Gasteiger charge is 2.27. The van der Waals surface area contributed by atoms with Crippen LogP contribution in [0.5, 0.6) is 0 Å². The van der Waals surface area contributed by atoms with E-state index in [1.807, 2.05) is 6.92 Å². The molecule has 1 N–H and O–H groups in total. The van der Waals surface area contributed by atoms with Crippen molar-refractivity contribution in [3.8, 4) is 0 Å². The first-order chi connectivity index (χ1) is 13.9. The first-order valence-corrected chi connectivity index (χ1v) is 10.1. The maximum Gasteiger partial charge on any atom is 0.135 e. The van der Waals surface area contributed by atoms with Gasteiger partial charge in [-0.1, -0.05) is 36.4 Å². The van der Waals surface area contributed by atoms with E-state index in [0.29, 0.717) is 17.8 Å². The van der Waals surface area contributed by atoms with Gasteiger partial charge in [-0.05, 0) is 56.0 Å². The van der Waals surface area contributed by atoms with E-state index in [-0.39, 0.29) is 24.3 Å². The number of hydrogen-bond acceptors (Lipinski definition) is 4. The van der Waals surface area contributed by atoms with Crippen LogP contribution >= 0.6 is 12.4 Å². The average molecular weight is 428 g/mol. The molecule has 2 heterocycles. The van der Waals surface area contributed by atoms with Crippen LogP contribution in [0.3, 0.4) is 0 Å². The number of rotatable bonds is 4. The topological polar surface area (TPSA) is 49.3 Å². The summed E-state index contributed by atoms with van der Waals surface area (Å²) in [5.41, 5.74) is 5.38. The Hall–Kier alpha value is -2.50. The zero-order chi connectivity index (χ0) is 20.5. The summed E-state index contributed by atoms with van der Waals surface area (Å²) < 4.78 is 13.2. The molecule has 0 amide bonds. The minimum Gasteiger partial charge on any atom is -0.388 e. The first kappa shape index (κ1) is 22.2. The van der Waals surface area contributed by atoms with Crippen LogP contribution in [0.15, 0.2) is 48.5 Å². The van der Waals surface area contributed by atoms with Gasteiger partial charge in [-0.3, -0.25) is 0 Å². The monoisotopic (exact) mass is 427 g/mol. The lowest BCUT2D eigenvalue weighted by Gasteiger charge is -2.37. The molecule has 2 atom stereocenters. The molecular formula is C24H27ClFN3O. The number of aromatic nitrogens is 2. The van der Waals surface area contributed by atoms with Gasteiger partial charge in [0.1, 0.15) is 17.5 Å². The predicted molar refractivity (Wildman–Crippen MR) is 120 cm³/mol. The summed E-state index contributed by atoms with van der Waals surface area (Å²) >= 11 is 0. The number of fused-ring (bicyclic) bond motifs is 1.